The van der Waals surface area contributed by atoms with E-state index < -0.39 is 0 Å². The zero-order chi connectivity index (χ0) is 12.4. The molecule has 0 bridgehead atoms. The van der Waals surface area contributed by atoms with Crippen LogP contribution in [0.25, 0.3) is 11.0 Å². The number of benzene rings is 1. The van der Waals surface area contributed by atoms with Gasteiger partial charge in [0, 0.05) is 26.2 Å². The van der Waals surface area contributed by atoms with Gasteiger partial charge in [-0.2, -0.15) is 0 Å². The van der Waals surface area contributed by atoms with Crippen LogP contribution >= 0.6 is 0 Å². The van der Waals surface area contributed by atoms with E-state index >= 15 is 0 Å². The third kappa shape index (κ3) is 2.16. The topological polar surface area (TPSA) is 38.1 Å². The fourth-order valence-corrected chi connectivity index (χ4v) is 1.93. The summed E-state index contributed by atoms with van der Waals surface area (Å²) >= 11 is 0. The standard InChI is InChI=1S/C13H17N3O/c1-4-7-15(2)13(17)10-5-6-12-11(8-10)14-9-16(12)3/h5-6,8-9H,4,7H2,1-3H3. The number of amides is 1. The Labute approximate surface area is 101 Å². The van der Waals surface area contributed by atoms with Crippen LogP contribution < -0.4 is 0 Å². The Morgan fingerprint density at radius 1 is 1.47 bits per heavy atom. The van der Waals surface area contributed by atoms with E-state index in [-0.39, 0.29) is 5.91 Å². The van der Waals surface area contributed by atoms with Crippen molar-refractivity contribution in [2.45, 2.75) is 13.3 Å². The lowest BCUT2D eigenvalue weighted by atomic mass is 10.1. The second-order valence-corrected chi connectivity index (χ2v) is 4.29. The highest BCUT2D eigenvalue weighted by molar-refractivity contribution is 5.97. The quantitative estimate of drug-likeness (QED) is 0.811. The highest BCUT2D eigenvalue weighted by atomic mass is 16.2. The van der Waals surface area contributed by atoms with Gasteiger partial charge in [-0.25, -0.2) is 4.98 Å². The van der Waals surface area contributed by atoms with Gasteiger partial charge in [0.25, 0.3) is 5.91 Å². The van der Waals surface area contributed by atoms with E-state index in [9.17, 15) is 4.79 Å². The molecule has 0 spiro atoms. The first-order valence-electron chi connectivity index (χ1n) is 5.80. The summed E-state index contributed by atoms with van der Waals surface area (Å²) in [5, 5.41) is 0. The van der Waals surface area contributed by atoms with Crippen molar-refractivity contribution in [2.75, 3.05) is 13.6 Å². The first-order valence-corrected chi connectivity index (χ1v) is 5.80. The first-order chi connectivity index (χ1) is 8.13. The molecule has 0 atom stereocenters. The summed E-state index contributed by atoms with van der Waals surface area (Å²) in [5.41, 5.74) is 2.61. The maximum absolute atomic E-state index is 12.1. The van der Waals surface area contributed by atoms with Crippen molar-refractivity contribution >= 4 is 16.9 Å². The maximum Gasteiger partial charge on any atom is 0.253 e. The third-order valence-corrected chi connectivity index (χ3v) is 2.88. The molecule has 4 nitrogen and oxygen atoms in total. The van der Waals surface area contributed by atoms with E-state index in [1.165, 1.54) is 0 Å². The van der Waals surface area contributed by atoms with Gasteiger partial charge in [-0.3, -0.25) is 4.79 Å². The van der Waals surface area contributed by atoms with Crippen molar-refractivity contribution in [3.05, 3.63) is 30.1 Å². The molecule has 2 rings (SSSR count). The van der Waals surface area contributed by atoms with E-state index in [2.05, 4.69) is 11.9 Å². The van der Waals surface area contributed by atoms with Gasteiger partial charge < -0.3 is 9.47 Å². The van der Waals surface area contributed by atoms with E-state index in [0.717, 1.165) is 24.0 Å². The van der Waals surface area contributed by atoms with Crippen LogP contribution in [0, 0.1) is 0 Å². The summed E-state index contributed by atoms with van der Waals surface area (Å²) in [6.45, 7) is 2.84. The lowest BCUT2D eigenvalue weighted by Crippen LogP contribution is -2.27. The molecule has 17 heavy (non-hydrogen) atoms. The van der Waals surface area contributed by atoms with Gasteiger partial charge in [0.1, 0.15) is 0 Å². The number of aromatic nitrogens is 2. The van der Waals surface area contributed by atoms with Crippen LogP contribution in [0.4, 0.5) is 0 Å². The molecule has 0 saturated carbocycles. The molecule has 0 unspecified atom stereocenters. The van der Waals surface area contributed by atoms with Crippen molar-refractivity contribution in [1.82, 2.24) is 14.5 Å². The number of rotatable bonds is 3. The second kappa shape index (κ2) is 4.57. The maximum atomic E-state index is 12.1. The van der Waals surface area contributed by atoms with E-state index in [4.69, 9.17) is 0 Å². The molecule has 0 aliphatic carbocycles. The first kappa shape index (κ1) is 11.6. The smallest absolute Gasteiger partial charge is 0.253 e. The Bertz CT molecular complexity index is 545. The van der Waals surface area contributed by atoms with Crippen molar-refractivity contribution in [3.63, 3.8) is 0 Å². The Hall–Kier alpha value is -1.84. The molecule has 2 aromatic rings. The molecule has 0 aliphatic heterocycles. The average Bonchev–Trinajstić information content (AvgIpc) is 2.70. The van der Waals surface area contributed by atoms with E-state index in [1.54, 1.807) is 11.2 Å². The Morgan fingerprint density at radius 2 is 2.24 bits per heavy atom. The van der Waals surface area contributed by atoms with Crippen molar-refractivity contribution in [3.8, 4) is 0 Å². The number of nitrogens with zero attached hydrogens (tertiary/aromatic N) is 3. The molecule has 1 aromatic carbocycles. The second-order valence-electron chi connectivity index (χ2n) is 4.29. The fourth-order valence-electron chi connectivity index (χ4n) is 1.93. The predicted octanol–water partition coefficient (Wildman–Crippen LogP) is 2.06. The van der Waals surface area contributed by atoms with Crippen molar-refractivity contribution in [1.29, 1.82) is 0 Å². The number of aryl methyl sites for hydroxylation is 1. The van der Waals surface area contributed by atoms with Crippen LogP contribution in [0.1, 0.15) is 23.7 Å². The minimum Gasteiger partial charge on any atom is -0.342 e. The lowest BCUT2D eigenvalue weighted by Gasteiger charge is -2.15. The monoisotopic (exact) mass is 231 g/mol. The average molecular weight is 231 g/mol. The Kier molecular flexibility index (Phi) is 3.13. The molecule has 0 radical (unpaired) electrons. The molecule has 0 aliphatic rings. The summed E-state index contributed by atoms with van der Waals surface area (Å²) in [5.74, 6) is 0.0550. The summed E-state index contributed by atoms with van der Waals surface area (Å²) in [6, 6.07) is 5.65. The number of carbonyl (C=O) groups is 1. The number of hydrogen-bond donors (Lipinski definition) is 0. The molecular weight excluding hydrogens is 214 g/mol. The lowest BCUT2D eigenvalue weighted by molar-refractivity contribution is 0.0795. The number of carbonyl (C=O) groups excluding carboxylic acids is 1. The molecule has 1 aromatic heterocycles. The van der Waals surface area contributed by atoms with Crippen LogP contribution in [0.15, 0.2) is 24.5 Å². The van der Waals surface area contributed by atoms with E-state index in [1.807, 2.05) is 36.9 Å². The molecule has 0 N–H and O–H groups in total. The molecule has 1 heterocycles. The minimum absolute atomic E-state index is 0.0550. The zero-order valence-corrected chi connectivity index (χ0v) is 10.5. The van der Waals surface area contributed by atoms with E-state index in [0.29, 0.717) is 5.56 Å². The highest BCUT2D eigenvalue weighted by Gasteiger charge is 2.12. The SMILES string of the molecule is CCCN(C)C(=O)c1ccc2c(c1)ncn2C. The summed E-state index contributed by atoms with van der Waals surface area (Å²) in [7, 11) is 3.77. The summed E-state index contributed by atoms with van der Waals surface area (Å²) < 4.78 is 1.94. The van der Waals surface area contributed by atoms with Crippen LogP contribution in [0.2, 0.25) is 0 Å². The van der Waals surface area contributed by atoms with Gasteiger partial charge >= 0.3 is 0 Å². The molecule has 0 saturated heterocycles. The van der Waals surface area contributed by atoms with Crippen molar-refractivity contribution < 1.29 is 4.79 Å². The molecule has 4 heteroatoms. The van der Waals surface area contributed by atoms with Gasteiger partial charge in [-0.1, -0.05) is 6.92 Å². The van der Waals surface area contributed by atoms with Crippen LogP contribution in [-0.2, 0) is 7.05 Å². The predicted molar refractivity (Wildman–Crippen MR) is 68.0 cm³/mol. The fraction of sp³-hybridized carbons (Fsp3) is 0.385. The Morgan fingerprint density at radius 3 is 2.94 bits per heavy atom. The van der Waals surface area contributed by atoms with Gasteiger partial charge in [-0.05, 0) is 24.6 Å². The Balaban J connectivity index is 2.33. The molecule has 90 valence electrons. The van der Waals surface area contributed by atoms with Crippen molar-refractivity contribution in [2.24, 2.45) is 7.05 Å². The van der Waals surface area contributed by atoms with Gasteiger partial charge in [-0.15, -0.1) is 0 Å². The normalized spacial score (nSPS) is 10.8. The number of hydrogen-bond acceptors (Lipinski definition) is 2. The van der Waals surface area contributed by atoms with Gasteiger partial charge in [0.05, 0.1) is 17.4 Å². The number of fused-ring (bicyclic) bond motifs is 1. The summed E-state index contributed by atoms with van der Waals surface area (Å²) in [6.07, 6.45) is 2.72. The van der Waals surface area contributed by atoms with Crippen LogP contribution in [-0.4, -0.2) is 34.0 Å². The largest absolute Gasteiger partial charge is 0.342 e. The minimum atomic E-state index is 0.0550. The molecule has 0 fully saturated rings. The highest BCUT2D eigenvalue weighted by Crippen LogP contribution is 2.15. The van der Waals surface area contributed by atoms with Crippen LogP contribution in [0.3, 0.4) is 0 Å². The third-order valence-electron chi connectivity index (χ3n) is 2.88. The molecule has 1 amide bonds. The summed E-state index contributed by atoms with van der Waals surface area (Å²) in [4.78, 5) is 18.1. The van der Waals surface area contributed by atoms with Crippen LogP contribution in [0.5, 0.6) is 0 Å². The van der Waals surface area contributed by atoms with Gasteiger partial charge in [0.2, 0.25) is 0 Å². The molecular formula is C13H17N3O. The number of imidazole rings is 1. The van der Waals surface area contributed by atoms with Gasteiger partial charge in [0.15, 0.2) is 0 Å². The zero-order valence-electron chi connectivity index (χ0n) is 10.5.